The summed E-state index contributed by atoms with van der Waals surface area (Å²) >= 11 is 0. The third kappa shape index (κ3) is 4.71. The first-order valence-corrected chi connectivity index (χ1v) is 6.18. The summed E-state index contributed by atoms with van der Waals surface area (Å²) in [6, 6.07) is 5.84. The van der Waals surface area contributed by atoms with Crippen LogP contribution in [0.1, 0.15) is 30.1 Å². The Morgan fingerprint density at radius 3 is 2.42 bits per heavy atom. The lowest BCUT2D eigenvalue weighted by molar-refractivity contribution is -0.140. The normalized spacial score (nSPS) is 11.7. The molecule has 0 saturated carbocycles. The van der Waals surface area contributed by atoms with Crippen LogP contribution in [-0.4, -0.2) is 31.5 Å². The van der Waals surface area contributed by atoms with E-state index in [1.54, 1.807) is 24.3 Å². The van der Waals surface area contributed by atoms with Gasteiger partial charge in [-0.25, -0.2) is 0 Å². The molecule has 5 heteroatoms. The van der Waals surface area contributed by atoms with Gasteiger partial charge in [-0.2, -0.15) is 0 Å². The maximum Gasteiger partial charge on any atom is 0.307 e. The number of esters is 1. The van der Waals surface area contributed by atoms with Crippen LogP contribution in [0, 0.1) is 0 Å². The first kappa shape index (κ1) is 15.2. The number of ketones is 1. The van der Waals surface area contributed by atoms with E-state index in [9.17, 15) is 9.59 Å². The Bertz CT molecular complexity index is 428. The monoisotopic (exact) mass is 265 g/mol. The van der Waals surface area contributed by atoms with Crippen molar-refractivity contribution in [1.29, 1.82) is 0 Å². The van der Waals surface area contributed by atoms with Crippen LogP contribution in [0.5, 0.6) is 5.75 Å². The van der Waals surface area contributed by atoms with Crippen LogP contribution in [0.15, 0.2) is 24.3 Å². The number of ether oxygens (including phenoxy) is 2. The minimum Gasteiger partial charge on any atom is -0.494 e. The van der Waals surface area contributed by atoms with Crippen molar-refractivity contribution < 1.29 is 19.1 Å². The first-order valence-electron chi connectivity index (χ1n) is 6.18. The van der Waals surface area contributed by atoms with E-state index >= 15 is 0 Å². The van der Waals surface area contributed by atoms with Gasteiger partial charge in [-0.15, -0.1) is 0 Å². The molecule has 0 amide bonds. The maximum absolute atomic E-state index is 11.9. The number of hydrogen-bond acceptors (Lipinski definition) is 5. The molecule has 1 aromatic rings. The van der Waals surface area contributed by atoms with Crippen molar-refractivity contribution >= 4 is 11.8 Å². The van der Waals surface area contributed by atoms with Crippen molar-refractivity contribution in [3.63, 3.8) is 0 Å². The van der Waals surface area contributed by atoms with Gasteiger partial charge in [0.2, 0.25) is 0 Å². The number of methoxy groups -OCH3 is 1. The maximum atomic E-state index is 11.9. The Kier molecular flexibility index (Phi) is 6.02. The van der Waals surface area contributed by atoms with E-state index < -0.39 is 12.0 Å². The minimum atomic E-state index is -0.880. The first-order chi connectivity index (χ1) is 9.08. The highest BCUT2D eigenvalue weighted by atomic mass is 16.5. The van der Waals surface area contributed by atoms with Crippen LogP contribution in [0.3, 0.4) is 0 Å². The quantitative estimate of drug-likeness (QED) is 0.597. The van der Waals surface area contributed by atoms with Gasteiger partial charge in [-0.3, -0.25) is 9.59 Å². The second kappa shape index (κ2) is 7.53. The second-order valence-corrected chi connectivity index (χ2v) is 4.12. The zero-order valence-electron chi connectivity index (χ0n) is 11.2. The SMILES string of the molecule is CCCOc1ccc(C(=O)C(N)CC(=O)OC)cc1. The average Bonchev–Trinajstić information content (AvgIpc) is 2.44. The van der Waals surface area contributed by atoms with Crippen molar-refractivity contribution in [2.45, 2.75) is 25.8 Å². The van der Waals surface area contributed by atoms with Gasteiger partial charge < -0.3 is 15.2 Å². The minimum absolute atomic E-state index is 0.122. The molecule has 0 bridgehead atoms. The summed E-state index contributed by atoms with van der Waals surface area (Å²) in [7, 11) is 1.26. The Balaban J connectivity index is 2.64. The molecule has 0 aliphatic heterocycles. The average molecular weight is 265 g/mol. The molecule has 5 nitrogen and oxygen atoms in total. The zero-order valence-corrected chi connectivity index (χ0v) is 11.2. The molecule has 2 N–H and O–H groups in total. The number of carbonyl (C=O) groups excluding carboxylic acids is 2. The number of rotatable bonds is 7. The van der Waals surface area contributed by atoms with Crippen LogP contribution < -0.4 is 10.5 Å². The highest BCUT2D eigenvalue weighted by Gasteiger charge is 2.19. The van der Waals surface area contributed by atoms with E-state index in [1.165, 1.54) is 7.11 Å². The zero-order chi connectivity index (χ0) is 14.3. The third-order valence-electron chi connectivity index (χ3n) is 2.56. The smallest absolute Gasteiger partial charge is 0.307 e. The molecule has 1 unspecified atom stereocenters. The molecule has 0 aliphatic carbocycles. The molecule has 0 aliphatic rings. The lowest BCUT2D eigenvalue weighted by Gasteiger charge is -2.10. The summed E-state index contributed by atoms with van der Waals surface area (Å²) < 4.78 is 9.89. The molecular formula is C14H19NO4. The molecule has 0 fully saturated rings. The van der Waals surface area contributed by atoms with Gasteiger partial charge in [0.05, 0.1) is 26.2 Å². The predicted molar refractivity (Wildman–Crippen MR) is 71.2 cm³/mol. The standard InChI is InChI=1S/C14H19NO4/c1-3-8-19-11-6-4-10(5-7-11)14(17)12(15)9-13(16)18-2/h4-7,12H,3,8-9,15H2,1-2H3. The van der Waals surface area contributed by atoms with Gasteiger partial charge >= 0.3 is 5.97 Å². The molecule has 0 aromatic heterocycles. The third-order valence-corrected chi connectivity index (χ3v) is 2.56. The topological polar surface area (TPSA) is 78.6 Å². The van der Waals surface area contributed by atoms with Crippen LogP contribution in [0.25, 0.3) is 0 Å². The molecule has 1 rings (SSSR count). The summed E-state index contributed by atoms with van der Waals surface area (Å²) in [6.07, 6.45) is 0.800. The van der Waals surface area contributed by atoms with Crippen molar-refractivity contribution in [3.8, 4) is 5.75 Å². The number of nitrogens with two attached hydrogens (primary N) is 1. The van der Waals surface area contributed by atoms with Crippen molar-refractivity contribution in [1.82, 2.24) is 0 Å². The summed E-state index contributed by atoms with van der Waals surface area (Å²) in [6.45, 7) is 2.65. The van der Waals surface area contributed by atoms with E-state index in [0.717, 1.165) is 6.42 Å². The molecule has 0 spiro atoms. The molecule has 0 heterocycles. The van der Waals surface area contributed by atoms with Crippen molar-refractivity contribution in [2.75, 3.05) is 13.7 Å². The summed E-state index contributed by atoms with van der Waals surface area (Å²) in [5.74, 6) is -0.0730. The van der Waals surface area contributed by atoms with Gasteiger partial charge in [0.1, 0.15) is 5.75 Å². The highest BCUT2D eigenvalue weighted by molar-refractivity contribution is 6.01. The highest BCUT2D eigenvalue weighted by Crippen LogP contribution is 2.14. The van der Waals surface area contributed by atoms with E-state index in [4.69, 9.17) is 10.5 Å². The van der Waals surface area contributed by atoms with Gasteiger partial charge in [0.15, 0.2) is 5.78 Å². The molecule has 104 valence electrons. The lowest BCUT2D eigenvalue weighted by atomic mass is 10.0. The van der Waals surface area contributed by atoms with Crippen LogP contribution >= 0.6 is 0 Å². The van der Waals surface area contributed by atoms with Crippen molar-refractivity contribution in [3.05, 3.63) is 29.8 Å². The number of carbonyl (C=O) groups is 2. The van der Waals surface area contributed by atoms with E-state index in [-0.39, 0.29) is 12.2 Å². The second-order valence-electron chi connectivity index (χ2n) is 4.12. The predicted octanol–water partition coefficient (Wildman–Crippen LogP) is 1.55. The van der Waals surface area contributed by atoms with Crippen LogP contribution in [0.4, 0.5) is 0 Å². The lowest BCUT2D eigenvalue weighted by Crippen LogP contribution is -2.33. The molecule has 1 atom stereocenters. The van der Waals surface area contributed by atoms with Gasteiger partial charge in [-0.1, -0.05) is 6.92 Å². The fourth-order valence-electron chi connectivity index (χ4n) is 1.51. The number of Topliss-reactive ketones (excluding diaryl/α,β-unsaturated/α-hetero) is 1. The van der Waals surface area contributed by atoms with Crippen molar-refractivity contribution in [2.24, 2.45) is 5.73 Å². The fourth-order valence-corrected chi connectivity index (χ4v) is 1.51. The van der Waals surface area contributed by atoms with Gasteiger partial charge in [0, 0.05) is 5.56 Å². The summed E-state index contributed by atoms with van der Waals surface area (Å²) in [4.78, 5) is 23.0. The van der Waals surface area contributed by atoms with E-state index in [1.807, 2.05) is 6.92 Å². The van der Waals surface area contributed by atoms with Crippen LogP contribution in [-0.2, 0) is 9.53 Å². The van der Waals surface area contributed by atoms with Gasteiger partial charge in [-0.05, 0) is 30.7 Å². The largest absolute Gasteiger partial charge is 0.494 e. The van der Waals surface area contributed by atoms with Gasteiger partial charge in [0.25, 0.3) is 0 Å². The van der Waals surface area contributed by atoms with E-state index in [0.29, 0.717) is 17.9 Å². The molecule has 0 saturated heterocycles. The number of hydrogen-bond donors (Lipinski definition) is 1. The Labute approximate surface area is 112 Å². The fraction of sp³-hybridized carbons (Fsp3) is 0.429. The van der Waals surface area contributed by atoms with Crippen LogP contribution in [0.2, 0.25) is 0 Å². The molecule has 1 aromatic carbocycles. The summed E-state index contributed by atoms with van der Waals surface area (Å²) in [5.41, 5.74) is 6.12. The summed E-state index contributed by atoms with van der Waals surface area (Å²) in [5, 5.41) is 0. The Morgan fingerprint density at radius 1 is 1.26 bits per heavy atom. The number of benzene rings is 1. The Hall–Kier alpha value is -1.88. The van der Waals surface area contributed by atoms with E-state index in [2.05, 4.69) is 4.74 Å². The molecular weight excluding hydrogens is 246 g/mol. The molecule has 0 radical (unpaired) electrons. The Morgan fingerprint density at radius 2 is 1.89 bits per heavy atom. The molecule has 19 heavy (non-hydrogen) atoms.